The van der Waals surface area contributed by atoms with Gasteiger partial charge in [-0.15, -0.1) is 0 Å². The summed E-state index contributed by atoms with van der Waals surface area (Å²) in [6, 6.07) is 6.29. The maximum Gasteiger partial charge on any atom is 0.191 e. The van der Waals surface area contributed by atoms with E-state index in [-0.39, 0.29) is 24.4 Å². The summed E-state index contributed by atoms with van der Waals surface area (Å²) in [6.45, 7) is 7.89. The molecule has 0 amide bonds. The van der Waals surface area contributed by atoms with Gasteiger partial charge in [-0.2, -0.15) is 5.26 Å². The molecule has 0 aliphatic carbocycles. The highest BCUT2D eigenvalue weighted by atomic mass is 19.1. The number of hydrogen-bond acceptors (Lipinski definition) is 3. The van der Waals surface area contributed by atoms with Gasteiger partial charge in [0.15, 0.2) is 5.96 Å². The van der Waals surface area contributed by atoms with Crippen LogP contribution in [0.25, 0.3) is 0 Å². The molecule has 3 N–H and O–H groups in total. The van der Waals surface area contributed by atoms with E-state index < -0.39 is 0 Å². The number of aliphatic imine (C=N–C) groups is 1. The number of rotatable bonds is 9. The van der Waals surface area contributed by atoms with Crippen molar-refractivity contribution in [3.63, 3.8) is 0 Å². The number of guanidine groups is 1. The molecule has 0 saturated carbocycles. The van der Waals surface area contributed by atoms with Crippen LogP contribution >= 0.6 is 0 Å². The van der Waals surface area contributed by atoms with Crippen molar-refractivity contribution in [1.82, 2.24) is 10.6 Å². The van der Waals surface area contributed by atoms with Gasteiger partial charge in [0.2, 0.25) is 0 Å². The molecule has 0 heterocycles. The Kier molecular flexibility index (Phi) is 8.93. The minimum absolute atomic E-state index is 0.0108. The first-order valence-corrected chi connectivity index (χ1v) is 8.85. The largest absolute Gasteiger partial charge is 0.396 e. The molecule has 0 spiro atoms. The molecule has 0 unspecified atom stereocenters. The van der Waals surface area contributed by atoms with E-state index in [1.54, 1.807) is 0 Å². The summed E-state index contributed by atoms with van der Waals surface area (Å²) in [5.41, 5.74) is 0.823. The van der Waals surface area contributed by atoms with E-state index in [9.17, 15) is 9.50 Å². The van der Waals surface area contributed by atoms with Crippen LogP contribution in [0.15, 0.2) is 23.2 Å². The van der Waals surface area contributed by atoms with Gasteiger partial charge >= 0.3 is 0 Å². The monoisotopic (exact) mass is 348 g/mol. The molecule has 0 radical (unpaired) electrons. The van der Waals surface area contributed by atoms with Crippen molar-refractivity contribution in [1.29, 1.82) is 5.26 Å². The Morgan fingerprint density at radius 3 is 2.56 bits per heavy atom. The van der Waals surface area contributed by atoms with Crippen molar-refractivity contribution >= 4 is 5.96 Å². The van der Waals surface area contributed by atoms with Gasteiger partial charge in [-0.1, -0.05) is 13.8 Å². The molecule has 0 saturated heterocycles. The number of benzene rings is 1. The summed E-state index contributed by atoms with van der Waals surface area (Å²) in [4.78, 5) is 4.43. The first kappa shape index (κ1) is 20.9. The van der Waals surface area contributed by atoms with Gasteiger partial charge in [0.25, 0.3) is 0 Å². The average Bonchev–Trinajstić information content (AvgIpc) is 2.64. The fraction of sp³-hybridized carbons (Fsp3) is 0.579. The van der Waals surface area contributed by atoms with E-state index in [0.717, 1.165) is 19.3 Å². The summed E-state index contributed by atoms with van der Waals surface area (Å²) in [5.74, 6) is 0.240. The van der Waals surface area contributed by atoms with Crippen molar-refractivity contribution in [2.45, 2.75) is 46.6 Å². The summed E-state index contributed by atoms with van der Waals surface area (Å²) in [5, 5.41) is 24.7. The minimum atomic E-state index is -0.365. The highest BCUT2D eigenvalue weighted by Crippen LogP contribution is 2.29. The molecule has 1 aromatic carbocycles. The fourth-order valence-electron chi connectivity index (χ4n) is 2.72. The third kappa shape index (κ3) is 6.35. The second kappa shape index (κ2) is 10.7. The second-order valence-electron chi connectivity index (χ2n) is 6.15. The van der Waals surface area contributed by atoms with Crippen LogP contribution in [0.5, 0.6) is 0 Å². The molecule has 0 fully saturated rings. The Hall–Kier alpha value is -2.13. The molecule has 138 valence electrons. The zero-order chi connectivity index (χ0) is 18.7. The fourth-order valence-corrected chi connectivity index (χ4v) is 2.72. The number of nitrogens with zero attached hydrogens (tertiary/aromatic N) is 2. The lowest BCUT2D eigenvalue weighted by Crippen LogP contribution is -2.43. The zero-order valence-electron chi connectivity index (χ0n) is 15.4. The Bertz CT molecular complexity index is 606. The lowest BCUT2D eigenvalue weighted by molar-refractivity contribution is 0.169. The first-order chi connectivity index (χ1) is 12.0. The van der Waals surface area contributed by atoms with Crippen molar-refractivity contribution in [3.05, 3.63) is 35.1 Å². The smallest absolute Gasteiger partial charge is 0.191 e. The quantitative estimate of drug-likeness (QED) is 0.473. The van der Waals surface area contributed by atoms with Gasteiger partial charge in [-0.05, 0) is 49.8 Å². The van der Waals surface area contributed by atoms with Crippen LogP contribution in [0.1, 0.15) is 51.2 Å². The molecule has 25 heavy (non-hydrogen) atoms. The van der Waals surface area contributed by atoms with Crippen LogP contribution in [0.2, 0.25) is 0 Å². The molecule has 1 aromatic rings. The number of aliphatic hydroxyl groups is 1. The Balaban J connectivity index is 2.85. The summed E-state index contributed by atoms with van der Waals surface area (Å²) in [6.07, 6.45) is 2.63. The summed E-state index contributed by atoms with van der Waals surface area (Å²) < 4.78 is 13.9. The third-order valence-electron chi connectivity index (χ3n) is 4.70. The first-order valence-electron chi connectivity index (χ1n) is 8.85. The summed E-state index contributed by atoms with van der Waals surface area (Å²) >= 11 is 0. The van der Waals surface area contributed by atoms with Gasteiger partial charge in [0, 0.05) is 25.3 Å². The average molecular weight is 348 g/mol. The molecule has 0 atom stereocenters. The van der Waals surface area contributed by atoms with E-state index >= 15 is 0 Å². The molecule has 5 nitrogen and oxygen atoms in total. The Labute approximate surface area is 150 Å². The van der Waals surface area contributed by atoms with E-state index in [4.69, 9.17) is 5.26 Å². The molecule has 0 aliphatic rings. The van der Waals surface area contributed by atoms with E-state index in [2.05, 4.69) is 29.5 Å². The molecule has 0 aliphatic heterocycles. The predicted molar refractivity (Wildman–Crippen MR) is 98.7 cm³/mol. The topological polar surface area (TPSA) is 80.4 Å². The third-order valence-corrected chi connectivity index (χ3v) is 4.70. The van der Waals surface area contributed by atoms with Crippen LogP contribution in [-0.4, -0.2) is 30.8 Å². The lowest BCUT2D eigenvalue weighted by Gasteiger charge is -2.32. The van der Waals surface area contributed by atoms with Gasteiger partial charge < -0.3 is 15.7 Å². The van der Waals surface area contributed by atoms with Crippen molar-refractivity contribution in [2.24, 2.45) is 10.4 Å². The van der Waals surface area contributed by atoms with Crippen molar-refractivity contribution in [2.75, 3.05) is 19.7 Å². The maximum atomic E-state index is 13.9. The van der Waals surface area contributed by atoms with Gasteiger partial charge in [-0.3, -0.25) is 0 Å². The van der Waals surface area contributed by atoms with Crippen LogP contribution in [-0.2, 0) is 6.54 Å². The van der Waals surface area contributed by atoms with Crippen molar-refractivity contribution < 1.29 is 9.50 Å². The molecule has 1 rings (SSSR count). The SMILES string of the molecule is CCNC(=NCc1cc(C#N)ccc1F)NCC(CC)(CC)CCO. The number of nitrogens with one attached hydrogen (secondary N) is 2. The minimum Gasteiger partial charge on any atom is -0.396 e. The molecule has 0 bridgehead atoms. The van der Waals surface area contributed by atoms with E-state index in [0.29, 0.717) is 30.2 Å². The maximum absolute atomic E-state index is 13.9. The number of aliphatic hydroxyl groups excluding tert-OH is 1. The van der Waals surface area contributed by atoms with Crippen LogP contribution in [0.3, 0.4) is 0 Å². The number of halogens is 1. The lowest BCUT2D eigenvalue weighted by atomic mass is 9.79. The van der Waals surface area contributed by atoms with Crippen LogP contribution in [0, 0.1) is 22.6 Å². The molecular weight excluding hydrogens is 319 g/mol. The van der Waals surface area contributed by atoms with Crippen molar-refractivity contribution in [3.8, 4) is 6.07 Å². The highest BCUT2D eigenvalue weighted by molar-refractivity contribution is 5.79. The molecule has 0 aromatic heterocycles. The van der Waals surface area contributed by atoms with Gasteiger partial charge in [0.1, 0.15) is 5.82 Å². The Morgan fingerprint density at radius 1 is 1.28 bits per heavy atom. The number of hydrogen-bond donors (Lipinski definition) is 3. The van der Waals surface area contributed by atoms with Crippen LogP contribution in [0.4, 0.5) is 4.39 Å². The van der Waals surface area contributed by atoms with Gasteiger partial charge in [-0.25, -0.2) is 9.38 Å². The van der Waals surface area contributed by atoms with E-state index in [1.165, 1.54) is 18.2 Å². The Morgan fingerprint density at radius 2 is 2.00 bits per heavy atom. The van der Waals surface area contributed by atoms with E-state index in [1.807, 2.05) is 13.0 Å². The standard InChI is InChI=1S/C19H29FN4O/c1-4-19(5-2,9-10-25)14-24-18(22-6-3)23-13-16-11-15(12-21)7-8-17(16)20/h7-8,11,25H,4-6,9-10,13-14H2,1-3H3,(H2,22,23,24). The summed E-state index contributed by atoms with van der Waals surface area (Å²) in [7, 11) is 0. The molecule has 6 heteroatoms. The predicted octanol–water partition coefficient (Wildman–Crippen LogP) is 2.94. The van der Waals surface area contributed by atoms with Crippen LogP contribution < -0.4 is 10.6 Å². The van der Waals surface area contributed by atoms with Gasteiger partial charge in [0.05, 0.1) is 18.2 Å². The molecular formula is C19H29FN4O. The second-order valence-corrected chi connectivity index (χ2v) is 6.15. The number of nitriles is 1. The zero-order valence-corrected chi connectivity index (χ0v) is 15.4. The normalized spacial score (nSPS) is 11.9. The highest BCUT2D eigenvalue weighted by Gasteiger charge is 2.25.